The molecule has 1 aromatic carbocycles. The van der Waals surface area contributed by atoms with Gasteiger partial charge in [-0.1, -0.05) is 0 Å². The van der Waals surface area contributed by atoms with Gasteiger partial charge >= 0.3 is 5.97 Å². The van der Waals surface area contributed by atoms with E-state index < -0.39 is 5.97 Å². The zero-order valence-electron chi connectivity index (χ0n) is 9.94. The first-order valence-corrected chi connectivity index (χ1v) is 4.97. The Bertz CT molecular complexity index is 450. The molecule has 0 aliphatic carbocycles. The third-order valence-electron chi connectivity index (χ3n) is 2.32. The maximum atomic E-state index is 11.4. The molecule has 0 bridgehead atoms. The number of methoxy groups -OCH3 is 2. The second-order valence-corrected chi connectivity index (χ2v) is 3.49. The van der Waals surface area contributed by atoms with Crippen LogP contribution in [0, 0.1) is 0 Å². The highest BCUT2D eigenvalue weighted by Gasteiger charge is 2.17. The smallest absolute Gasteiger partial charge is 0.310 e. The minimum atomic E-state index is -0.486. The second-order valence-electron chi connectivity index (χ2n) is 3.49. The summed E-state index contributed by atoms with van der Waals surface area (Å²) in [4.78, 5) is 22.6. The number of Topliss-reactive ketones (excluding diaryl/α,β-unsaturated/α-hetero) is 1. The number of carbonyl (C=O) groups excluding carboxylic acids is 2. The topological polar surface area (TPSA) is 72.8 Å². The van der Waals surface area contributed by atoms with Crippen molar-refractivity contribution in [3.8, 4) is 11.5 Å². The van der Waals surface area contributed by atoms with Crippen LogP contribution in [0.3, 0.4) is 0 Å². The van der Waals surface area contributed by atoms with Crippen molar-refractivity contribution >= 4 is 11.8 Å². The van der Waals surface area contributed by atoms with E-state index in [4.69, 9.17) is 4.74 Å². The van der Waals surface area contributed by atoms with E-state index in [1.54, 1.807) is 0 Å². The Labute approximate surface area is 99.0 Å². The van der Waals surface area contributed by atoms with Crippen LogP contribution in [-0.2, 0) is 16.0 Å². The number of phenolic OH excluding ortho intramolecular Hbond substituents is 1. The molecule has 1 N–H and O–H groups in total. The van der Waals surface area contributed by atoms with Gasteiger partial charge in [-0.15, -0.1) is 0 Å². The standard InChI is InChI=1S/C12H14O5/c1-7(13)12-8(5-11(15)17-3)4-9(16-2)6-10(12)14/h4,6,14H,5H2,1-3H3. The summed E-state index contributed by atoms with van der Waals surface area (Å²) in [6, 6.07) is 2.87. The average molecular weight is 238 g/mol. The summed E-state index contributed by atoms with van der Waals surface area (Å²) in [5.74, 6) is -0.619. The van der Waals surface area contributed by atoms with Crippen molar-refractivity contribution in [1.82, 2.24) is 0 Å². The van der Waals surface area contributed by atoms with Gasteiger partial charge in [0.1, 0.15) is 11.5 Å². The number of ether oxygens (including phenoxy) is 2. The van der Waals surface area contributed by atoms with Gasteiger partial charge in [-0.25, -0.2) is 0 Å². The molecule has 0 saturated carbocycles. The Morgan fingerprint density at radius 1 is 1.29 bits per heavy atom. The normalized spacial score (nSPS) is 9.82. The fraction of sp³-hybridized carbons (Fsp3) is 0.333. The molecule has 17 heavy (non-hydrogen) atoms. The third-order valence-corrected chi connectivity index (χ3v) is 2.32. The molecular weight excluding hydrogens is 224 g/mol. The molecule has 1 rings (SSSR count). The molecule has 92 valence electrons. The van der Waals surface area contributed by atoms with Crippen molar-refractivity contribution < 1.29 is 24.2 Å². The molecule has 0 fully saturated rings. The van der Waals surface area contributed by atoms with E-state index >= 15 is 0 Å². The lowest BCUT2D eigenvalue weighted by atomic mass is 10.00. The van der Waals surface area contributed by atoms with Gasteiger partial charge in [-0.2, -0.15) is 0 Å². The van der Waals surface area contributed by atoms with Crippen LogP contribution in [0.2, 0.25) is 0 Å². The zero-order chi connectivity index (χ0) is 13.0. The molecule has 0 atom stereocenters. The number of phenols is 1. The molecule has 1 aromatic rings. The summed E-state index contributed by atoms with van der Waals surface area (Å²) in [5, 5.41) is 9.71. The Morgan fingerprint density at radius 3 is 2.41 bits per heavy atom. The minimum absolute atomic E-state index is 0.0871. The van der Waals surface area contributed by atoms with Crippen molar-refractivity contribution in [3.63, 3.8) is 0 Å². The number of aromatic hydroxyl groups is 1. The molecule has 0 unspecified atom stereocenters. The molecule has 0 spiro atoms. The molecule has 0 aliphatic heterocycles. The number of ketones is 1. The van der Waals surface area contributed by atoms with Gasteiger partial charge in [0.25, 0.3) is 0 Å². The van der Waals surface area contributed by atoms with E-state index in [0.29, 0.717) is 11.3 Å². The van der Waals surface area contributed by atoms with Crippen LogP contribution in [0.15, 0.2) is 12.1 Å². The van der Waals surface area contributed by atoms with Crippen LogP contribution >= 0.6 is 0 Å². The highest BCUT2D eigenvalue weighted by atomic mass is 16.5. The van der Waals surface area contributed by atoms with Gasteiger partial charge in [0.15, 0.2) is 5.78 Å². The molecule has 0 heterocycles. The van der Waals surface area contributed by atoms with Crippen LogP contribution in [0.5, 0.6) is 11.5 Å². The summed E-state index contributed by atoms with van der Waals surface area (Å²) >= 11 is 0. The fourth-order valence-corrected chi connectivity index (χ4v) is 1.55. The lowest BCUT2D eigenvalue weighted by Crippen LogP contribution is -2.09. The first-order chi connectivity index (χ1) is 7.99. The summed E-state index contributed by atoms with van der Waals surface area (Å²) in [6.45, 7) is 1.32. The van der Waals surface area contributed by atoms with Crippen molar-refractivity contribution in [2.45, 2.75) is 13.3 Å². The Kier molecular flexibility index (Phi) is 4.09. The predicted molar refractivity (Wildman–Crippen MR) is 60.4 cm³/mol. The van der Waals surface area contributed by atoms with E-state index in [2.05, 4.69) is 4.74 Å². The Hall–Kier alpha value is -2.04. The maximum absolute atomic E-state index is 11.4. The molecule has 0 aromatic heterocycles. The number of hydrogen-bond acceptors (Lipinski definition) is 5. The van der Waals surface area contributed by atoms with Gasteiger partial charge in [0, 0.05) is 6.07 Å². The van der Waals surface area contributed by atoms with Gasteiger partial charge in [-0.3, -0.25) is 9.59 Å². The molecule has 5 nitrogen and oxygen atoms in total. The van der Waals surface area contributed by atoms with Crippen molar-refractivity contribution in [1.29, 1.82) is 0 Å². The summed E-state index contributed by atoms with van der Waals surface area (Å²) in [5.41, 5.74) is 0.511. The van der Waals surface area contributed by atoms with Crippen LogP contribution in [0.1, 0.15) is 22.8 Å². The van der Waals surface area contributed by atoms with Crippen LogP contribution in [0.4, 0.5) is 0 Å². The first kappa shape index (κ1) is 13.0. The number of esters is 1. The Balaban J connectivity index is 3.27. The van der Waals surface area contributed by atoms with Crippen molar-refractivity contribution in [2.24, 2.45) is 0 Å². The van der Waals surface area contributed by atoms with Gasteiger partial charge in [0.2, 0.25) is 0 Å². The molecular formula is C12H14O5. The zero-order valence-corrected chi connectivity index (χ0v) is 9.94. The van der Waals surface area contributed by atoms with Crippen LogP contribution in [-0.4, -0.2) is 31.1 Å². The SMILES string of the molecule is COC(=O)Cc1cc(OC)cc(O)c1C(C)=O. The van der Waals surface area contributed by atoms with Crippen LogP contribution < -0.4 is 4.74 Å². The van der Waals surface area contributed by atoms with Crippen molar-refractivity contribution in [3.05, 3.63) is 23.3 Å². The van der Waals surface area contributed by atoms with E-state index in [0.717, 1.165) is 0 Å². The van der Waals surface area contributed by atoms with E-state index in [-0.39, 0.29) is 23.5 Å². The summed E-state index contributed by atoms with van der Waals surface area (Å²) < 4.78 is 9.49. The lowest BCUT2D eigenvalue weighted by molar-refractivity contribution is -0.139. The number of hydrogen-bond donors (Lipinski definition) is 1. The fourth-order valence-electron chi connectivity index (χ4n) is 1.55. The minimum Gasteiger partial charge on any atom is -0.507 e. The maximum Gasteiger partial charge on any atom is 0.310 e. The predicted octanol–water partition coefficient (Wildman–Crippen LogP) is 1.32. The van der Waals surface area contributed by atoms with Gasteiger partial charge in [-0.05, 0) is 18.6 Å². The molecule has 0 aliphatic rings. The van der Waals surface area contributed by atoms with Gasteiger partial charge in [0.05, 0.1) is 26.2 Å². The number of benzene rings is 1. The molecule has 0 amide bonds. The molecule has 0 radical (unpaired) electrons. The highest BCUT2D eigenvalue weighted by molar-refractivity contribution is 5.99. The number of carbonyl (C=O) groups is 2. The monoisotopic (exact) mass is 238 g/mol. The highest BCUT2D eigenvalue weighted by Crippen LogP contribution is 2.28. The molecule has 5 heteroatoms. The van der Waals surface area contributed by atoms with Crippen LogP contribution in [0.25, 0.3) is 0 Å². The molecule has 0 saturated heterocycles. The largest absolute Gasteiger partial charge is 0.507 e. The summed E-state index contributed by atoms with van der Waals surface area (Å²) in [7, 11) is 2.69. The third kappa shape index (κ3) is 2.96. The lowest BCUT2D eigenvalue weighted by Gasteiger charge is -2.10. The van der Waals surface area contributed by atoms with E-state index in [9.17, 15) is 14.7 Å². The first-order valence-electron chi connectivity index (χ1n) is 4.97. The summed E-state index contributed by atoms with van der Waals surface area (Å²) in [6.07, 6.45) is -0.0871. The quantitative estimate of drug-likeness (QED) is 0.632. The van der Waals surface area contributed by atoms with Crippen molar-refractivity contribution in [2.75, 3.05) is 14.2 Å². The van der Waals surface area contributed by atoms with E-state index in [1.807, 2.05) is 0 Å². The van der Waals surface area contributed by atoms with E-state index in [1.165, 1.54) is 33.3 Å². The average Bonchev–Trinajstić information content (AvgIpc) is 2.27. The number of rotatable bonds is 4. The van der Waals surface area contributed by atoms with Gasteiger partial charge < -0.3 is 14.6 Å². The Morgan fingerprint density at radius 2 is 1.94 bits per heavy atom. The second kappa shape index (κ2) is 5.34.